The van der Waals surface area contributed by atoms with Gasteiger partial charge in [-0.3, -0.25) is 24.0 Å². The smallest absolute Gasteiger partial charge is 0.408 e. The van der Waals surface area contributed by atoms with Gasteiger partial charge in [-0.05, 0) is 44.4 Å². The van der Waals surface area contributed by atoms with Crippen LogP contribution >= 0.6 is 0 Å². The zero-order valence-electron chi connectivity index (χ0n) is 33.8. The molecule has 2 atom stereocenters. The first-order valence-corrected chi connectivity index (χ1v) is 19.6. The molecule has 61 heavy (non-hydrogen) atoms. The van der Waals surface area contributed by atoms with Gasteiger partial charge in [-0.15, -0.1) is 0 Å². The number of pyridine rings is 2. The van der Waals surface area contributed by atoms with Crippen molar-refractivity contribution in [2.24, 2.45) is 0 Å². The summed E-state index contributed by atoms with van der Waals surface area (Å²) in [5, 5.41) is 23.8. The van der Waals surface area contributed by atoms with E-state index in [-0.39, 0.29) is 60.7 Å². The average molecular weight is 842 g/mol. The van der Waals surface area contributed by atoms with Crippen molar-refractivity contribution in [3.05, 3.63) is 86.5 Å². The van der Waals surface area contributed by atoms with Gasteiger partial charge >= 0.3 is 12.1 Å². The Kier molecular flexibility index (Phi) is 11.5. The van der Waals surface area contributed by atoms with Gasteiger partial charge in [-0.1, -0.05) is 37.3 Å². The fraction of sp³-hybridized carbons (Fsp3) is 0.381. The SMILES string of the molecule is CC[C@@]1(O)C(=O)OCc2c1cc1n(c2=O)Cc2c-1nc1cc(F)c(NC(=O)CNC(=O)[C@H](Cc3ccccc3)NC(=O)CNC(=O)CNC(=O)OC(C)(C)C)c3c1c2CCO3. The van der Waals surface area contributed by atoms with Gasteiger partial charge in [0.15, 0.2) is 17.2 Å². The lowest BCUT2D eigenvalue weighted by molar-refractivity contribution is -0.172. The number of amides is 5. The number of rotatable bonds is 12. The van der Waals surface area contributed by atoms with E-state index in [4.69, 9.17) is 19.2 Å². The van der Waals surface area contributed by atoms with Crippen molar-refractivity contribution < 1.29 is 52.5 Å². The molecule has 19 heteroatoms. The molecular formula is C42H44FN7O11. The quantitative estimate of drug-likeness (QED) is 0.0982. The van der Waals surface area contributed by atoms with Crippen LogP contribution in [0.1, 0.15) is 61.9 Å². The molecule has 0 unspecified atom stereocenters. The van der Waals surface area contributed by atoms with E-state index in [0.717, 1.165) is 11.6 Å². The molecule has 0 radical (unpaired) electrons. The lowest BCUT2D eigenvalue weighted by Crippen LogP contribution is -2.52. The summed E-state index contributed by atoms with van der Waals surface area (Å²) in [5.41, 5.74) is -0.204. The molecule has 2 aromatic heterocycles. The number of carbonyl (C=O) groups is 6. The van der Waals surface area contributed by atoms with Gasteiger partial charge in [-0.2, -0.15) is 0 Å². The predicted molar refractivity (Wildman–Crippen MR) is 215 cm³/mol. The fourth-order valence-electron chi connectivity index (χ4n) is 7.55. The van der Waals surface area contributed by atoms with Crippen LogP contribution < -0.4 is 36.9 Å². The van der Waals surface area contributed by atoms with Gasteiger partial charge in [0, 0.05) is 35.4 Å². The highest BCUT2D eigenvalue weighted by Crippen LogP contribution is 2.46. The van der Waals surface area contributed by atoms with E-state index >= 15 is 4.39 Å². The third kappa shape index (κ3) is 8.59. The molecule has 0 saturated carbocycles. The average Bonchev–Trinajstić information content (AvgIpc) is 3.59. The molecule has 0 bridgehead atoms. The molecular weight excluding hydrogens is 797 g/mol. The van der Waals surface area contributed by atoms with Crippen molar-refractivity contribution in [1.29, 1.82) is 0 Å². The lowest BCUT2D eigenvalue weighted by atomic mass is 9.86. The molecule has 4 aromatic rings. The number of aliphatic hydroxyl groups is 1. The van der Waals surface area contributed by atoms with Crippen molar-refractivity contribution >= 4 is 52.3 Å². The van der Waals surface area contributed by atoms with Crippen LogP contribution in [-0.2, 0) is 65.0 Å². The molecule has 0 aliphatic carbocycles. The summed E-state index contributed by atoms with van der Waals surface area (Å²) in [5.74, 6) is -4.68. The number of hydrogen-bond donors (Lipinski definition) is 6. The first-order chi connectivity index (χ1) is 29.0. The van der Waals surface area contributed by atoms with Crippen molar-refractivity contribution in [3.8, 4) is 17.1 Å². The van der Waals surface area contributed by atoms with Crippen molar-refractivity contribution in [2.45, 2.75) is 77.4 Å². The van der Waals surface area contributed by atoms with E-state index in [2.05, 4.69) is 26.6 Å². The maximum atomic E-state index is 15.9. The summed E-state index contributed by atoms with van der Waals surface area (Å²) < 4.78 is 33.6. The number of aromatic nitrogens is 2. The first kappa shape index (κ1) is 42.2. The molecule has 320 valence electrons. The number of hydrogen-bond acceptors (Lipinski definition) is 12. The third-order valence-electron chi connectivity index (χ3n) is 10.5. The molecule has 5 amide bonds. The van der Waals surface area contributed by atoms with E-state index in [1.807, 2.05) is 0 Å². The highest BCUT2D eigenvalue weighted by molar-refractivity contribution is 6.03. The maximum Gasteiger partial charge on any atom is 0.408 e. The fourth-order valence-corrected chi connectivity index (χ4v) is 7.55. The van der Waals surface area contributed by atoms with Gasteiger partial charge in [0.25, 0.3) is 5.56 Å². The topological polar surface area (TPSA) is 245 Å². The summed E-state index contributed by atoms with van der Waals surface area (Å²) in [6, 6.07) is 10.3. The Balaban J connectivity index is 1.05. The van der Waals surface area contributed by atoms with Crippen LogP contribution in [0.5, 0.6) is 5.75 Å². The highest BCUT2D eigenvalue weighted by atomic mass is 19.1. The number of benzene rings is 2. The zero-order valence-corrected chi connectivity index (χ0v) is 33.8. The van der Waals surface area contributed by atoms with Crippen molar-refractivity contribution in [1.82, 2.24) is 30.8 Å². The standard InChI is InChI=1S/C42H44FN7O11/c1-5-42(58)25-14-29-34-23(19-50(29)38(55)24(25)20-60-39(42)56)22-11-12-59-36-33(22)27(48-34)15-26(43)35(36)49-32(53)18-45-37(54)28(13-21-9-7-6-8-10-21)47-31(52)17-44-30(51)16-46-40(57)61-41(2,3)4/h6-10,14-15,28,58H,5,11-13,16-20H2,1-4H3,(H,44,51)(H,45,54)(H,46,57)(H,47,52)(H,49,53)/t28-,42-/m0/s1. The number of esters is 1. The van der Waals surface area contributed by atoms with E-state index in [9.17, 15) is 38.7 Å². The normalized spacial score (nSPS) is 16.5. The second-order valence-electron chi connectivity index (χ2n) is 15.8. The Morgan fingerprint density at radius 2 is 1.67 bits per heavy atom. The van der Waals surface area contributed by atoms with E-state index in [0.29, 0.717) is 34.3 Å². The number of fused-ring (bicyclic) bond motifs is 5. The van der Waals surface area contributed by atoms with E-state index < -0.39 is 83.9 Å². The van der Waals surface area contributed by atoms with Gasteiger partial charge in [-0.25, -0.2) is 19.0 Å². The van der Waals surface area contributed by atoms with Crippen molar-refractivity contribution in [3.63, 3.8) is 0 Å². The summed E-state index contributed by atoms with van der Waals surface area (Å²) in [6.07, 6.45) is -0.451. The number of cyclic esters (lactones) is 1. The molecule has 0 spiro atoms. The number of nitrogens with zero attached hydrogens (tertiary/aromatic N) is 2. The molecule has 5 heterocycles. The largest absolute Gasteiger partial charge is 0.490 e. The van der Waals surface area contributed by atoms with Crippen molar-refractivity contribution in [2.75, 3.05) is 31.6 Å². The Morgan fingerprint density at radius 3 is 2.39 bits per heavy atom. The van der Waals surface area contributed by atoms with Crippen LogP contribution in [0.15, 0.2) is 47.3 Å². The van der Waals surface area contributed by atoms with Crippen LogP contribution in [0, 0.1) is 5.82 Å². The number of nitrogens with one attached hydrogen (secondary N) is 5. The molecule has 3 aliphatic rings. The molecule has 0 fully saturated rings. The highest BCUT2D eigenvalue weighted by Gasteiger charge is 2.45. The third-order valence-corrected chi connectivity index (χ3v) is 10.5. The molecule has 0 saturated heterocycles. The molecule has 6 N–H and O–H groups in total. The number of alkyl carbamates (subject to hydrolysis) is 1. The number of ether oxygens (including phenoxy) is 3. The second-order valence-corrected chi connectivity index (χ2v) is 15.8. The van der Waals surface area contributed by atoms with Gasteiger partial charge in [0.2, 0.25) is 23.6 Å². The van der Waals surface area contributed by atoms with E-state index in [1.54, 1.807) is 64.1 Å². The van der Waals surface area contributed by atoms with Crippen LogP contribution in [-0.4, -0.2) is 88.2 Å². The summed E-state index contributed by atoms with van der Waals surface area (Å²) in [6.45, 7) is 4.89. The Labute approximate surface area is 347 Å². The second kappa shape index (κ2) is 16.6. The van der Waals surface area contributed by atoms with Crippen LogP contribution in [0.25, 0.3) is 22.3 Å². The molecule has 3 aliphatic heterocycles. The van der Waals surface area contributed by atoms with Gasteiger partial charge in [0.1, 0.15) is 30.5 Å². The number of halogens is 1. The minimum Gasteiger partial charge on any atom is -0.490 e. The van der Waals surface area contributed by atoms with Crippen LogP contribution in [0.2, 0.25) is 0 Å². The number of anilines is 1. The molecule has 2 aromatic carbocycles. The molecule has 18 nitrogen and oxygen atoms in total. The van der Waals surface area contributed by atoms with E-state index in [1.165, 1.54) is 4.57 Å². The Morgan fingerprint density at radius 1 is 0.951 bits per heavy atom. The van der Waals surface area contributed by atoms with Crippen LogP contribution in [0.4, 0.5) is 14.9 Å². The predicted octanol–water partition coefficient (Wildman–Crippen LogP) is 1.58. The van der Waals surface area contributed by atoms with Crippen LogP contribution in [0.3, 0.4) is 0 Å². The number of carbonyl (C=O) groups excluding carboxylic acids is 6. The first-order valence-electron chi connectivity index (χ1n) is 19.6. The Bertz CT molecular complexity index is 2550. The summed E-state index contributed by atoms with van der Waals surface area (Å²) in [7, 11) is 0. The monoisotopic (exact) mass is 841 g/mol. The minimum atomic E-state index is -2.02. The molecule has 7 rings (SSSR count). The summed E-state index contributed by atoms with van der Waals surface area (Å²) in [4.78, 5) is 94.8. The zero-order chi connectivity index (χ0) is 43.8. The summed E-state index contributed by atoms with van der Waals surface area (Å²) >= 11 is 0. The van der Waals surface area contributed by atoms with Gasteiger partial charge in [0.05, 0.1) is 48.7 Å². The maximum absolute atomic E-state index is 15.9. The van der Waals surface area contributed by atoms with Gasteiger partial charge < -0.3 is 50.5 Å². The minimum absolute atomic E-state index is 0.0192. The lowest BCUT2D eigenvalue weighted by Gasteiger charge is -2.31. The Hall–Kier alpha value is -6.89.